The van der Waals surface area contributed by atoms with E-state index in [1.165, 1.54) is 6.92 Å². The summed E-state index contributed by atoms with van der Waals surface area (Å²) in [6.45, 7) is 5.83. The first-order chi connectivity index (χ1) is 14.0. The molecule has 2 heterocycles. The number of aromatic nitrogens is 2. The monoisotopic (exact) mass is 388 g/mol. The van der Waals surface area contributed by atoms with Gasteiger partial charge in [0.05, 0.1) is 11.4 Å². The predicted molar refractivity (Wildman–Crippen MR) is 112 cm³/mol. The van der Waals surface area contributed by atoms with Crippen LogP contribution in [0.3, 0.4) is 0 Å². The summed E-state index contributed by atoms with van der Waals surface area (Å²) in [5.41, 5.74) is 3.69. The summed E-state index contributed by atoms with van der Waals surface area (Å²) in [6, 6.07) is 19.0. The van der Waals surface area contributed by atoms with Gasteiger partial charge in [0.1, 0.15) is 11.9 Å². The number of aryl methyl sites for hydroxylation is 1. The van der Waals surface area contributed by atoms with E-state index in [2.05, 4.69) is 5.32 Å². The highest BCUT2D eigenvalue weighted by atomic mass is 16.2. The molecule has 1 aromatic heterocycles. The van der Waals surface area contributed by atoms with E-state index < -0.39 is 6.04 Å². The predicted octanol–water partition coefficient (Wildman–Crippen LogP) is 3.18. The number of para-hydroxylation sites is 1. The van der Waals surface area contributed by atoms with Crippen molar-refractivity contribution in [3.8, 4) is 5.69 Å². The smallest absolute Gasteiger partial charge is 0.251 e. The Balaban J connectivity index is 1.99. The Kier molecular flexibility index (Phi) is 4.92. The number of anilines is 1. The molecular formula is C23H24N4O2. The zero-order chi connectivity index (χ0) is 20.5. The molecule has 6 nitrogen and oxygen atoms in total. The second kappa shape index (κ2) is 7.54. The SMILES string of the molecule is CCN1C(=O)[C@H](NC(C)=O)[C@@H](c2ccccc2)c2c(C)nn(-c3ccccc3)c21. The largest absolute Gasteiger partial charge is 0.344 e. The molecule has 0 unspecified atom stereocenters. The van der Waals surface area contributed by atoms with Crippen LogP contribution in [0.5, 0.6) is 0 Å². The van der Waals surface area contributed by atoms with Gasteiger partial charge in [-0.05, 0) is 31.5 Å². The van der Waals surface area contributed by atoms with Crippen LogP contribution >= 0.6 is 0 Å². The molecule has 0 spiro atoms. The molecule has 0 saturated heterocycles. The van der Waals surface area contributed by atoms with Gasteiger partial charge in [-0.2, -0.15) is 5.10 Å². The van der Waals surface area contributed by atoms with Gasteiger partial charge < -0.3 is 5.32 Å². The molecule has 0 saturated carbocycles. The average molecular weight is 388 g/mol. The van der Waals surface area contributed by atoms with E-state index >= 15 is 0 Å². The van der Waals surface area contributed by atoms with E-state index in [0.717, 1.165) is 28.3 Å². The minimum Gasteiger partial charge on any atom is -0.344 e. The van der Waals surface area contributed by atoms with Crippen molar-refractivity contribution in [3.63, 3.8) is 0 Å². The normalized spacial score (nSPS) is 18.4. The number of rotatable bonds is 4. The maximum Gasteiger partial charge on any atom is 0.251 e. The molecule has 29 heavy (non-hydrogen) atoms. The summed E-state index contributed by atoms with van der Waals surface area (Å²) >= 11 is 0. The van der Waals surface area contributed by atoms with Crippen LogP contribution in [0.2, 0.25) is 0 Å². The number of carbonyl (C=O) groups excluding carboxylic acids is 2. The number of nitrogens with zero attached hydrogens (tertiary/aromatic N) is 3. The van der Waals surface area contributed by atoms with Crippen LogP contribution in [0.1, 0.15) is 36.6 Å². The van der Waals surface area contributed by atoms with Crippen LogP contribution in [0.4, 0.5) is 5.82 Å². The molecule has 4 rings (SSSR count). The molecule has 2 atom stereocenters. The number of hydrogen-bond donors (Lipinski definition) is 1. The van der Waals surface area contributed by atoms with Crippen molar-refractivity contribution < 1.29 is 9.59 Å². The second-order valence-corrected chi connectivity index (χ2v) is 7.22. The number of likely N-dealkylation sites (N-methyl/N-ethyl adjacent to an activating group) is 1. The topological polar surface area (TPSA) is 67.2 Å². The molecule has 3 aromatic rings. The van der Waals surface area contributed by atoms with E-state index in [9.17, 15) is 9.59 Å². The number of benzene rings is 2. The Morgan fingerprint density at radius 1 is 1.07 bits per heavy atom. The van der Waals surface area contributed by atoms with Crippen molar-refractivity contribution in [3.05, 3.63) is 77.5 Å². The van der Waals surface area contributed by atoms with Crippen molar-refractivity contribution in [2.45, 2.75) is 32.7 Å². The lowest BCUT2D eigenvalue weighted by Gasteiger charge is -2.38. The molecule has 1 aliphatic heterocycles. The Bertz CT molecular complexity index is 1040. The maximum atomic E-state index is 13.5. The third-order valence-corrected chi connectivity index (χ3v) is 5.35. The van der Waals surface area contributed by atoms with Crippen LogP contribution in [0.25, 0.3) is 5.69 Å². The van der Waals surface area contributed by atoms with Gasteiger partial charge in [0.15, 0.2) is 0 Å². The van der Waals surface area contributed by atoms with Crippen molar-refractivity contribution in [2.75, 3.05) is 11.4 Å². The van der Waals surface area contributed by atoms with Gasteiger partial charge in [0.2, 0.25) is 5.91 Å². The Morgan fingerprint density at radius 2 is 1.69 bits per heavy atom. The van der Waals surface area contributed by atoms with Crippen LogP contribution in [-0.4, -0.2) is 34.2 Å². The van der Waals surface area contributed by atoms with Crippen LogP contribution in [0, 0.1) is 6.92 Å². The maximum absolute atomic E-state index is 13.5. The summed E-state index contributed by atoms with van der Waals surface area (Å²) < 4.78 is 1.84. The van der Waals surface area contributed by atoms with Crippen molar-refractivity contribution in [1.29, 1.82) is 0 Å². The fraction of sp³-hybridized carbons (Fsp3) is 0.261. The molecular weight excluding hydrogens is 364 g/mol. The summed E-state index contributed by atoms with van der Waals surface area (Å²) in [4.78, 5) is 27.2. The van der Waals surface area contributed by atoms with Crippen LogP contribution < -0.4 is 10.2 Å². The van der Waals surface area contributed by atoms with Crippen molar-refractivity contribution in [1.82, 2.24) is 15.1 Å². The molecule has 6 heteroatoms. The number of amides is 2. The fourth-order valence-corrected chi connectivity index (χ4v) is 4.17. The molecule has 1 N–H and O–H groups in total. The van der Waals surface area contributed by atoms with Crippen LogP contribution in [0.15, 0.2) is 60.7 Å². The van der Waals surface area contributed by atoms with Gasteiger partial charge in [-0.15, -0.1) is 0 Å². The molecule has 1 aliphatic rings. The molecule has 0 bridgehead atoms. The van der Waals surface area contributed by atoms with Gasteiger partial charge in [-0.3, -0.25) is 14.5 Å². The summed E-state index contributed by atoms with van der Waals surface area (Å²) in [6.07, 6.45) is 0. The first-order valence-corrected chi connectivity index (χ1v) is 9.81. The first kappa shape index (κ1) is 18.9. The lowest BCUT2D eigenvalue weighted by Crippen LogP contribution is -2.55. The minimum absolute atomic E-state index is 0.124. The third kappa shape index (κ3) is 3.20. The average Bonchev–Trinajstić information content (AvgIpc) is 3.06. The number of carbonyl (C=O) groups is 2. The number of hydrogen-bond acceptors (Lipinski definition) is 3. The van der Waals surface area contributed by atoms with Gasteiger partial charge in [-0.1, -0.05) is 48.5 Å². The Labute approximate surface area is 170 Å². The molecule has 0 aliphatic carbocycles. The molecule has 0 radical (unpaired) electrons. The standard InChI is InChI=1S/C23H24N4O2/c1-4-26-22-19(15(2)25-27(22)18-13-9-6-10-14-18)20(17-11-7-5-8-12-17)21(23(26)29)24-16(3)28/h5-14,20-21H,4H2,1-3H3,(H,24,28)/t20-,21+/m0/s1. The Hall–Kier alpha value is -3.41. The first-order valence-electron chi connectivity index (χ1n) is 9.81. The fourth-order valence-electron chi connectivity index (χ4n) is 4.17. The summed E-state index contributed by atoms with van der Waals surface area (Å²) in [5.74, 6) is 0.123. The second-order valence-electron chi connectivity index (χ2n) is 7.22. The zero-order valence-electron chi connectivity index (χ0n) is 16.8. The molecule has 148 valence electrons. The van der Waals surface area contributed by atoms with E-state index in [-0.39, 0.29) is 17.7 Å². The highest BCUT2D eigenvalue weighted by molar-refractivity contribution is 6.03. The highest BCUT2D eigenvalue weighted by Gasteiger charge is 2.45. The molecule has 2 aromatic carbocycles. The van der Waals surface area contributed by atoms with Crippen molar-refractivity contribution >= 4 is 17.6 Å². The van der Waals surface area contributed by atoms with Crippen LogP contribution in [-0.2, 0) is 9.59 Å². The van der Waals surface area contributed by atoms with E-state index in [1.807, 2.05) is 79.2 Å². The molecule has 2 amide bonds. The van der Waals surface area contributed by atoms with Gasteiger partial charge >= 0.3 is 0 Å². The van der Waals surface area contributed by atoms with Crippen molar-refractivity contribution in [2.24, 2.45) is 0 Å². The van der Waals surface area contributed by atoms with E-state index in [4.69, 9.17) is 5.10 Å². The lowest BCUT2D eigenvalue weighted by molar-refractivity contribution is -0.127. The quantitative estimate of drug-likeness (QED) is 0.746. The van der Waals surface area contributed by atoms with Gasteiger partial charge in [0, 0.05) is 24.9 Å². The number of nitrogens with one attached hydrogen (secondary N) is 1. The summed E-state index contributed by atoms with van der Waals surface area (Å²) in [5, 5.41) is 7.69. The zero-order valence-corrected chi connectivity index (χ0v) is 16.8. The summed E-state index contributed by atoms with van der Waals surface area (Å²) in [7, 11) is 0. The third-order valence-electron chi connectivity index (χ3n) is 5.35. The molecule has 0 fully saturated rings. The highest BCUT2D eigenvalue weighted by Crippen LogP contribution is 2.43. The minimum atomic E-state index is -0.672. The number of fused-ring (bicyclic) bond motifs is 1. The van der Waals surface area contributed by atoms with E-state index in [1.54, 1.807) is 4.90 Å². The van der Waals surface area contributed by atoms with Gasteiger partial charge in [-0.25, -0.2) is 4.68 Å². The van der Waals surface area contributed by atoms with Gasteiger partial charge in [0.25, 0.3) is 5.91 Å². The van der Waals surface area contributed by atoms with E-state index in [0.29, 0.717) is 6.54 Å². The lowest BCUT2D eigenvalue weighted by atomic mass is 9.81. The Morgan fingerprint density at radius 3 is 2.28 bits per heavy atom.